The number of halogens is 1. The maximum atomic E-state index is 13.8. The number of fused-ring (bicyclic) bond motifs is 2. The van der Waals surface area contributed by atoms with Crippen LogP contribution in [0.1, 0.15) is 38.9 Å². The summed E-state index contributed by atoms with van der Waals surface area (Å²) in [5, 5.41) is 0.730. The van der Waals surface area contributed by atoms with Crippen LogP contribution in [0, 0.1) is 6.92 Å². The second kappa shape index (κ2) is 9.22. The summed E-state index contributed by atoms with van der Waals surface area (Å²) in [6.07, 6.45) is 1.64. The topological polar surface area (TPSA) is 72.6 Å². The Hall–Kier alpha value is -4.42. The Morgan fingerprint density at radius 1 is 0.973 bits per heavy atom. The quantitative estimate of drug-likeness (QED) is 0.272. The molecule has 3 aromatic carbocycles. The average molecular weight is 509 g/mol. The molecule has 0 spiro atoms. The molecule has 0 saturated carbocycles. The molecule has 1 aliphatic heterocycles. The molecule has 0 radical (unpaired) electrons. The predicted octanol–water partition coefficient (Wildman–Crippen LogP) is 6.48. The van der Waals surface area contributed by atoms with E-state index in [-0.39, 0.29) is 16.8 Å². The van der Waals surface area contributed by atoms with Crippen molar-refractivity contribution < 1.29 is 13.9 Å². The summed E-state index contributed by atoms with van der Waals surface area (Å²) in [6.45, 7) is 2.31. The third kappa shape index (κ3) is 4.15. The normalized spacial score (nSPS) is 14.7. The molecule has 2 aromatic heterocycles. The summed E-state index contributed by atoms with van der Waals surface area (Å²) in [7, 11) is 0. The molecule has 7 heteroatoms. The lowest BCUT2D eigenvalue weighted by molar-refractivity contribution is 0.0970. The summed E-state index contributed by atoms with van der Waals surface area (Å²) >= 11 is 6.19. The molecule has 6 rings (SSSR count). The number of aryl methyl sites for hydroxylation is 1. The van der Waals surface area contributed by atoms with E-state index in [4.69, 9.17) is 20.8 Å². The molecule has 0 aliphatic carbocycles. The SMILES string of the molecule is Cc1ccnc(N2C(=O)c3oc4ccc(Cl)cc4c(=O)c3C2c2cccc(OCc3ccccc3)c2)c1. The maximum absolute atomic E-state index is 13.8. The molecule has 3 heterocycles. The molecule has 1 atom stereocenters. The molecular formula is C30H21ClN2O4. The van der Waals surface area contributed by atoms with Crippen molar-refractivity contribution in [2.75, 3.05) is 4.90 Å². The van der Waals surface area contributed by atoms with Crippen LogP contribution in [-0.2, 0) is 6.61 Å². The van der Waals surface area contributed by atoms with Crippen molar-refractivity contribution in [2.45, 2.75) is 19.6 Å². The zero-order valence-electron chi connectivity index (χ0n) is 19.9. The first-order valence-corrected chi connectivity index (χ1v) is 12.2. The summed E-state index contributed by atoms with van der Waals surface area (Å²) in [4.78, 5) is 33.5. The van der Waals surface area contributed by atoms with Crippen molar-refractivity contribution in [2.24, 2.45) is 0 Å². The number of ether oxygens (including phenoxy) is 1. The number of pyridine rings is 1. The van der Waals surface area contributed by atoms with Crippen LogP contribution < -0.4 is 15.1 Å². The van der Waals surface area contributed by atoms with Gasteiger partial charge in [-0.25, -0.2) is 4.98 Å². The lowest BCUT2D eigenvalue weighted by atomic mass is 9.98. The fourth-order valence-corrected chi connectivity index (χ4v) is 4.84. The third-order valence-electron chi connectivity index (χ3n) is 6.40. The summed E-state index contributed by atoms with van der Waals surface area (Å²) < 4.78 is 12.1. The highest BCUT2D eigenvalue weighted by atomic mass is 35.5. The number of nitrogens with zero attached hydrogens (tertiary/aromatic N) is 2. The molecule has 182 valence electrons. The summed E-state index contributed by atoms with van der Waals surface area (Å²) in [5.41, 5.74) is 2.92. The van der Waals surface area contributed by atoms with E-state index in [0.29, 0.717) is 39.7 Å². The van der Waals surface area contributed by atoms with Crippen LogP contribution in [-0.4, -0.2) is 10.9 Å². The minimum atomic E-state index is -0.753. The van der Waals surface area contributed by atoms with E-state index in [9.17, 15) is 9.59 Å². The number of carbonyl (C=O) groups is 1. The van der Waals surface area contributed by atoms with Gasteiger partial charge in [-0.15, -0.1) is 0 Å². The van der Waals surface area contributed by atoms with Gasteiger partial charge in [-0.2, -0.15) is 0 Å². The first-order valence-electron chi connectivity index (χ1n) is 11.8. The lowest BCUT2D eigenvalue weighted by Crippen LogP contribution is -2.30. The Morgan fingerprint density at radius 2 is 1.81 bits per heavy atom. The van der Waals surface area contributed by atoms with Gasteiger partial charge in [0.2, 0.25) is 5.76 Å². The lowest BCUT2D eigenvalue weighted by Gasteiger charge is -2.24. The molecule has 0 fully saturated rings. The molecule has 0 N–H and O–H groups in total. The van der Waals surface area contributed by atoms with Gasteiger partial charge in [0.15, 0.2) is 5.43 Å². The summed E-state index contributed by atoms with van der Waals surface area (Å²) in [6, 6.07) is 25.0. The molecule has 1 aliphatic rings. The molecule has 1 amide bonds. The largest absolute Gasteiger partial charge is 0.489 e. The monoisotopic (exact) mass is 508 g/mol. The van der Waals surface area contributed by atoms with E-state index in [1.807, 2.05) is 73.7 Å². The van der Waals surface area contributed by atoms with Crippen LogP contribution >= 0.6 is 11.6 Å². The average Bonchev–Trinajstić information content (AvgIpc) is 3.21. The maximum Gasteiger partial charge on any atom is 0.296 e. The standard InChI is InChI=1S/C30H21ClN2O4/c1-18-12-13-32-25(14-18)33-27(20-8-5-9-22(15-20)36-17-19-6-3-2-4-7-19)26-28(34)23-16-21(31)10-11-24(23)37-29(26)30(33)35/h2-16,27H,17H2,1H3. The van der Waals surface area contributed by atoms with Crippen LogP contribution in [0.15, 0.2) is 100 Å². The van der Waals surface area contributed by atoms with E-state index < -0.39 is 11.9 Å². The Labute approximate surface area is 217 Å². The van der Waals surface area contributed by atoms with Crippen LogP contribution in [0.5, 0.6) is 5.75 Å². The third-order valence-corrected chi connectivity index (χ3v) is 6.64. The van der Waals surface area contributed by atoms with E-state index in [1.54, 1.807) is 24.4 Å². The predicted molar refractivity (Wildman–Crippen MR) is 142 cm³/mol. The summed E-state index contributed by atoms with van der Waals surface area (Å²) in [5.74, 6) is 0.623. The molecule has 6 nitrogen and oxygen atoms in total. The number of benzene rings is 3. The van der Waals surface area contributed by atoms with Crippen molar-refractivity contribution in [3.63, 3.8) is 0 Å². The minimum absolute atomic E-state index is 0.00346. The highest BCUT2D eigenvalue weighted by molar-refractivity contribution is 6.31. The second-order valence-corrected chi connectivity index (χ2v) is 9.37. The van der Waals surface area contributed by atoms with Gasteiger partial charge < -0.3 is 9.15 Å². The smallest absolute Gasteiger partial charge is 0.296 e. The number of hydrogen-bond acceptors (Lipinski definition) is 5. The number of carbonyl (C=O) groups excluding carboxylic acids is 1. The Bertz CT molecular complexity index is 1710. The molecule has 37 heavy (non-hydrogen) atoms. The highest BCUT2D eigenvalue weighted by Gasteiger charge is 2.44. The van der Waals surface area contributed by atoms with Gasteiger partial charge in [-0.05, 0) is 66.1 Å². The van der Waals surface area contributed by atoms with Crippen molar-refractivity contribution >= 4 is 34.3 Å². The number of rotatable bonds is 5. The van der Waals surface area contributed by atoms with E-state index >= 15 is 0 Å². The number of aromatic nitrogens is 1. The van der Waals surface area contributed by atoms with E-state index in [1.165, 1.54) is 4.90 Å². The van der Waals surface area contributed by atoms with Crippen molar-refractivity contribution in [3.8, 4) is 5.75 Å². The van der Waals surface area contributed by atoms with E-state index in [2.05, 4.69) is 4.98 Å². The Morgan fingerprint density at radius 3 is 2.62 bits per heavy atom. The molecular weight excluding hydrogens is 488 g/mol. The van der Waals surface area contributed by atoms with Crippen LogP contribution in [0.25, 0.3) is 11.0 Å². The van der Waals surface area contributed by atoms with Crippen molar-refractivity contribution in [1.29, 1.82) is 0 Å². The first kappa shape index (κ1) is 23.0. The van der Waals surface area contributed by atoms with Gasteiger partial charge in [0.25, 0.3) is 5.91 Å². The van der Waals surface area contributed by atoms with Gasteiger partial charge in [-0.3, -0.25) is 14.5 Å². The Kier molecular flexibility index (Phi) is 5.74. The number of anilines is 1. The van der Waals surface area contributed by atoms with E-state index in [0.717, 1.165) is 11.1 Å². The van der Waals surface area contributed by atoms with Crippen LogP contribution in [0.2, 0.25) is 5.02 Å². The molecule has 1 unspecified atom stereocenters. The van der Waals surface area contributed by atoms with Gasteiger partial charge >= 0.3 is 0 Å². The minimum Gasteiger partial charge on any atom is -0.489 e. The number of amides is 1. The second-order valence-electron chi connectivity index (χ2n) is 8.93. The van der Waals surface area contributed by atoms with Gasteiger partial charge in [0, 0.05) is 11.2 Å². The van der Waals surface area contributed by atoms with Crippen molar-refractivity contribution in [1.82, 2.24) is 4.98 Å². The molecule has 0 saturated heterocycles. The van der Waals surface area contributed by atoms with Gasteiger partial charge in [0.05, 0.1) is 17.0 Å². The number of hydrogen-bond donors (Lipinski definition) is 0. The zero-order valence-corrected chi connectivity index (χ0v) is 20.6. The van der Waals surface area contributed by atoms with Crippen LogP contribution in [0.4, 0.5) is 5.82 Å². The highest BCUT2D eigenvalue weighted by Crippen LogP contribution is 2.41. The first-order chi connectivity index (χ1) is 18.0. The van der Waals surface area contributed by atoms with Gasteiger partial charge in [-0.1, -0.05) is 54.1 Å². The van der Waals surface area contributed by atoms with Crippen molar-refractivity contribution in [3.05, 3.63) is 134 Å². The molecule has 0 bridgehead atoms. The van der Waals surface area contributed by atoms with Crippen LogP contribution in [0.3, 0.4) is 0 Å². The Balaban J connectivity index is 1.50. The fourth-order valence-electron chi connectivity index (χ4n) is 4.66. The van der Waals surface area contributed by atoms with Gasteiger partial charge in [0.1, 0.15) is 23.8 Å². The fraction of sp³-hybridized carbons (Fsp3) is 0.100. The zero-order chi connectivity index (χ0) is 25.5. The molecule has 5 aromatic rings.